The van der Waals surface area contributed by atoms with Gasteiger partial charge in [0.25, 0.3) is 0 Å². The Bertz CT molecular complexity index is 615. The second-order valence-corrected chi connectivity index (χ2v) is 8.39. The molecule has 1 aliphatic heterocycles. The molecule has 130 valence electrons. The first-order valence-corrected chi connectivity index (χ1v) is 9.63. The normalized spacial score (nSPS) is 47.4. The number of carbonyl (C=O) groups excluding carboxylic acids is 1. The number of terminal acetylenes is 1. The molecule has 0 aromatic rings. The van der Waals surface area contributed by atoms with Crippen LogP contribution in [0.1, 0.15) is 64.7 Å². The zero-order chi connectivity index (χ0) is 16.9. The Morgan fingerprint density at radius 3 is 2.83 bits per heavy atom. The number of allylic oxidation sites excluding steroid dienone is 1. The van der Waals surface area contributed by atoms with Crippen LogP contribution in [-0.4, -0.2) is 16.7 Å². The fraction of sp³-hybridized carbons (Fsp3) is 0.762. The Hall–Kier alpha value is -1.27. The van der Waals surface area contributed by atoms with E-state index in [1.54, 1.807) is 6.26 Å². The van der Waals surface area contributed by atoms with E-state index >= 15 is 0 Å². The van der Waals surface area contributed by atoms with Crippen LogP contribution >= 0.6 is 0 Å². The quantitative estimate of drug-likeness (QED) is 0.588. The highest BCUT2D eigenvalue weighted by molar-refractivity contribution is 5.70. The molecule has 0 bridgehead atoms. The van der Waals surface area contributed by atoms with Gasteiger partial charge in [-0.3, -0.25) is 4.79 Å². The molecule has 1 N–H and O–H groups in total. The largest absolute Gasteiger partial charge is 0.435 e. The van der Waals surface area contributed by atoms with Crippen LogP contribution in [0.15, 0.2) is 11.8 Å². The lowest BCUT2D eigenvalue weighted by Crippen LogP contribution is -2.53. The fourth-order valence-corrected chi connectivity index (χ4v) is 6.82. The summed E-state index contributed by atoms with van der Waals surface area (Å²) in [6.07, 6.45) is 16.1. The SMILES string of the molecule is C#C[C@]1(O)CC[C@H]2[C@@H]3CCC4=COC(=O)CC[C@@H]4[C@H]3CC[C@@]21CC. The van der Waals surface area contributed by atoms with E-state index in [4.69, 9.17) is 11.2 Å². The minimum Gasteiger partial charge on any atom is -0.435 e. The van der Waals surface area contributed by atoms with Crippen molar-refractivity contribution in [3.8, 4) is 12.3 Å². The van der Waals surface area contributed by atoms with Crippen LogP contribution in [0.3, 0.4) is 0 Å². The molecule has 24 heavy (non-hydrogen) atoms. The van der Waals surface area contributed by atoms with Crippen LogP contribution < -0.4 is 0 Å². The highest BCUT2D eigenvalue weighted by atomic mass is 16.5. The van der Waals surface area contributed by atoms with Crippen molar-refractivity contribution in [2.24, 2.45) is 29.1 Å². The zero-order valence-electron chi connectivity index (χ0n) is 14.6. The van der Waals surface area contributed by atoms with Crippen LogP contribution in [-0.2, 0) is 9.53 Å². The first-order valence-electron chi connectivity index (χ1n) is 9.63. The Morgan fingerprint density at radius 2 is 2.08 bits per heavy atom. The van der Waals surface area contributed by atoms with E-state index in [9.17, 15) is 9.90 Å². The Morgan fingerprint density at radius 1 is 1.25 bits per heavy atom. The maximum absolute atomic E-state index is 11.7. The second-order valence-electron chi connectivity index (χ2n) is 8.39. The molecule has 3 saturated carbocycles. The lowest BCUT2D eigenvalue weighted by molar-refractivity contribution is -0.137. The van der Waals surface area contributed by atoms with Gasteiger partial charge in [0.15, 0.2) is 0 Å². The Kier molecular flexibility index (Phi) is 3.80. The van der Waals surface area contributed by atoms with E-state index in [2.05, 4.69) is 12.8 Å². The Balaban J connectivity index is 1.65. The first kappa shape index (κ1) is 16.2. The van der Waals surface area contributed by atoms with Crippen LogP contribution in [0.25, 0.3) is 0 Å². The fourth-order valence-electron chi connectivity index (χ4n) is 6.82. The van der Waals surface area contributed by atoms with Crippen molar-refractivity contribution in [3.05, 3.63) is 11.8 Å². The highest BCUT2D eigenvalue weighted by Crippen LogP contribution is 2.65. The monoisotopic (exact) mass is 328 g/mol. The molecule has 3 aliphatic carbocycles. The average Bonchev–Trinajstić information content (AvgIpc) is 2.78. The van der Waals surface area contributed by atoms with E-state index in [0.29, 0.717) is 30.1 Å². The summed E-state index contributed by atoms with van der Waals surface area (Å²) in [5, 5.41) is 11.1. The van der Waals surface area contributed by atoms with Crippen molar-refractivity contribution in [2.75, 3.05) is 0 Å². The van der Waals surface area contributed by atoms with Gasteiger partial charge in [-0.2, -0.15) is 0 Å². The molecule has 4 rings (SSSR count). The number of carbonyl (C=O) groups is 1. The van der Waals surface area contributed by atoms with Gasteiger partial charge in [-0.05, 0) is 80.6 Å². The van der Waals surface area contributed by atoms with Gasteiger partial charge >= 0.3 is 5.97 Å². The lowest BCUT2D eigenvalue weighted by atomic mass is 9.50. The molecular weight excluding hydrogens is 300 g/mol. The standard InChI is InChI=1S/C21H28O3/c1-3-20-11-9-16-15-7-8-19(22)24-13-14(15)5-6-17(16)18(20)10-12-21(20,23)4-2/h2,13,15-18,23H,3,5-12H2,1H3/t15-,16+,17+,18-,20-,21-/m0/s1. The van der Waals surface area contributed by atoms with E-state index in [1.807, 2.05) is 0 Å². The van der Waals surface area contributed by atoms with Crippen molar-refractivity contribution in [1.29, 1.82) is 0 Å². The minimum absolute atomic E-state index is 0.0882. The number of fused-ring (bicyclic) bond motifs is 5. The summed E-state index contributed by atoms with van der Waals surface area (Å²) in [7, 11) is 0. The first-order chi connectivity index (χ1) is 11.5. The van der Waals surface area contributed by atoms with E-state index in [0.717, 1.165) is 51.4 Å². The smallest absolute Gasteiger partial charge is 0.310 e. The number of hydrogen-bond donors (Lipinski definition) is 1. The van der Waals surface area contributed by atoms with Gasteiger partial charge in [0.2, 0.25) is 0 Å². The maximum Gasteiger partial charge on any atom is 0.310 e. The topological polar surface area (TPSA) is 46.5 Å². The average molecular weight is 328 g/mol. The predicted molar refractivity (Wildman–Crippen MR) is 91.6 cm³/mol. The molecular formula is C21H28O3. The van der Waals surface area contributed by atoms with Gasteiger partial charge in [0.1, 0.15) is 5.60 Å². The molecule has 3 heteroatoms. The van der Waals surface area contributed by atoms with Gasteiger partial charge in [0, 0.05) is 11.8 Å². The number of cyclic esters (lactones) is 1. The number of rotatable bonds is 1. The van der Waals surface area contributed by atoms with Gasteiger partial charge in [-0.15, -0.1) is 6.42 Å². The molecule has 0 radical (unpaired) electrons. The third kappa shape index (κ3) is 2.05. The zero-order valence-corrected chi connectivity index (χ0v) is 14.6. The van der Waals surface area contributed by atoms with Crippen molar-refractivity contribution >= 4 is 5.97 Å². The van der Waals surface area contributed by atoms with Crippen molar-refractivity contribution < 1.29 is 14.6 Å². The molecule has 6 atom stereocenters. The highest BCUT2D eigenvalue weighted by Gasteiger charge is 2.63. The van der Waals surface area contributed by atoms with Gasteiger partial charge in [-0.25, -0.2) is 0 Å². The third-order valence-electron chi connectivity index (χ3n) is 7.97. The molecule has 3 nitrogen and oxygen atoms in total. The number of hydrogen-bond acceptors (Lipinski definition) is 3. The molecule has 3 fully saturated rings. The molecule has 0 spiro atoms. The Labute approximate surface area is 144 Å². The van der Waals surface area contributed by atoms with Crippen molar-refractivity contribution in [3.63, 3.8) is 0 Å². The van der Waals surface area contributed by atoms with Gasteiger partial charge in [-0.1, -0.05) is 12.8 Å². The maximum atomic E-state index is 11.7. The molecule has 0 amide bonds. The van der Waals surface area contributed by atoms with Gasteiger partial charge in [0.05, 0.1) is 6.26 Å². The van der Waals surface area contributed by atoms with E-state index in [1.165, 1.54) is 5.57 Å². The summed E-state index contributed by atoms with van der Waals surface area (Å²) in [4.78, 5) is 11.7. The van der Waals surface area contributed by atoms with Gasteiger partial charge < -0.3 is 9.84 Å². The van der Waals surface area contributed by atoms with Crippen LogP contribution in [0.2, 0.25) is 0 Å². The second kappa shape index (κ2) is 5.63. The van der Waals surface area contributed by atoms with Crippen molar-refractivity contribution in [1.82, 2.24) is 0 Å². The molecule has 0 saturated heterocycles. The van der Waals surface area contributed by atoms with E-state index in [-0.39, 0.29) is 11.4 Å². The van der Waals surface area contributed by atoms with Crippen LogP contribution in [0, 0.1) is 41.4 Å². The predicted octanol–water partition coefficient (Wildman–Crippen LogP) is 3.81. The van der Waals surface area contributed by atoms with E-state index < -0.39 is 5.60 Å². The number of aliphatic hydroxyl groups is 1. The molecule has 0 aromatic carbocycles. The summed E-state index contributed by atoms with van der Waals surface area (Å²) < 4.78 is 5.26. The lowest BCUT2D eigenvalue weighted by Gasteiger charge is -2.55. The van der Waals surface area contributed by atoms with Crippen molar-refractivity contribution in [2.45, 2.75) is 70.3 Å². The molecule has 0 aromatic heterocycles. The van der Waals surface area contributed by atoms with Crippen LogP contribution in [0.5, 0.6) is 0 Å². The molecule has 4 aliphatic rings. The summed E-state index contributed by atoms with van der Waals surface area (Å²) >= 11 is 0. The van der Waals surface area contributed by atoms with Crippen LogP contribution in [0.4, 0.5) is 0 Å². The summed E-state index contributed by atoms with van der Waals surface area (Å²) in [6, 6.07) is 0. The third-order valence-corrected chi connectivity index (χ3v) is 7.97. The number of esters is 1. The molecule has 1 heterocycles. The number of ether oxygens (including phenoxy) is 1. The summed E-state index contributed by atoms with van der Waals surface area (Å²) in [6.45, 7) is 2.20. The minimum atomic E-state index is -0.921. The summed E-state index contributed by atoms with van der Waals surface area (Å²) in [5.74, 6) is 4.98. The molecule has 0 unspecified atom stereocenters. The summed E-state index contributed by atoms with van der Waals surface area (Å²) in [5.41, 5.74) is 0.327.